The minimum absolute atomic E-state index is 0.0701. The number of amides is 5. The van der Waals surface area contributed by atoms with Gasteiger partial charge in [0.25, 0.3) is 5.91 Å². The number of nitrogens with zero attached hydrogens (tertiary/aromatic N) is 2. The van der Waals surface area contributed by atoms with E-state index in [2.05, 4.69) is 16.0 Å². The van der Waals surface area contributed by atoms with Crippen LogP contribution >= 0.6 is 0 Å². The van der Waals surface area contributed by atoms with Crippen molar-refractivity contribution in [2.45, 2.75) is 63.1 Å². The quantitative estimate of drug-likeness (QED) is 0.580. The van der Waals surface area contributed by atoms with E-state index in [4.69, 9.17) is 4.74 Å². The fourth-order valence-electron chi connectivity index (χ4n) is 5.02. The van der Waals surface area contributed by atoms with Crippen LogP contribution in [0.2, 0.25) is 0 Å². The Morgan fingerprint density at radius 2 is 1.71 bits per heavy atom. The molecule has 0 radical (unpaired) electrons. The van der Waals surface area contributed by atoms with Crippen LogP contribution in [0.15, 0.2) is 24.3 Å². The maximum Gasteiger partial charge on any atom is 0.317 e. The standard InChI is InChI=1S/C25H35N5O5/c1-35-19-11-9-17(10-12-19)24(33)30-15-14-29(25(34)27-18-6-3-2-4-7-18)16-21(30)23(32)28-20-8-5-13-26-22(20)31/h9-12,18,20-21H,2-8,13-16H2,1H3,(H,26,31)(H,27,34)(H,28,32)/t20-,21+/m0/s1. The highest BCUT2D eigenvalue weighted by Crippen LogP contribution is 2.20. The molecule has 1 aliphatic carbocycles. The Bertz CT molecular complexity index is 931. The number of carbonyl (C=O) groups excluding carboxylic acids is 4. The molecular weight excluding hydrogens is 450 g/mol. The molecule has 0 unspecified atom stereocenters. The first-order valence-electron chi connectivity index (χ1n) is 12.5. The first-order valence-corrected chi connectivity index (χ1v) is 12.5. The third-order valence-electron chi connectivity index (χ3n) is 7.10. The van der Waals surface area contributed by atoms with Gasteiger partial charge in [-0.1, -0.05) is 19.3 Å². The predicted molar refractivity (Wildman–Crippen MR) is 129 cm³/mol. The fraction of sp³-hybridized carbons (Fsp3) is 0.600. The number of carbonyl (C=O) groups is 4. The molecule has 3 fully saturated rings. The lowest BCUT2D eigenvalue weighted by molar-refractivity contribution is -0.133. The van der Waals surface area contributed by atoms with E-state index in [0.717, 1.165) is 32.1 Å². The average molecular weight is 486 g/mol. The number of hydrogen-bond acceptors (Lipinski definition) is 5. The van der Waals surface area contributed by atoms with Crippen LogP contribution in [0.3, 0.4) is 0 Å². The van der Waals surface area contributed by atoms with Crippen molar-refractivity contribution in [1.29, 1.82) is 0 Å². The van der Waals surface area contributed by atoms with Gasteiger partial charge in [-0.15, -0.1) is 0 Å². The summed E-state index contributed by atoms with van der Waals surface area (Å²) in [7, 11) is 1.55. The number of ether oxygens (including phenoxy) is 1. The summed E-state index contributed by atoms with van der Waals surface area (Å²) in [5.74, 6) is -0.319. The van der Waals surface area contributed by atoms with E-state index in [1.165, 1.54) is 11.3 Å². The van der Waals surface area contributed by atoms with Gasteiger partial charge in [0, 0.05) is 31.2 Å². The van der Waals surface area contributed by atoms with Crippen LogP contribution in [0.4, 0.5) is 4.79 Å². The Morgan fingerprint density at radius 1 is 0.971 bits per heavy atom. The molecule has 2 atom stereocenters. The molecule has 0 bridgehead atoms. The summed E-state index contributed by atoms with van der Waals surface area (Å²) in [5.41, 5.74) is 0.430. The molecule has 1 aromatic rings. The Kier molecular flexibility index (Phi) is 8.09. The van der Waals surface area contributed by atoms with Gasteiger partial charge in [-0.2, -0.15) is 0 Å². The molecule has 35 heavy (non-hydrogen) atoms. The van der Waals surface area contributed by atoms with Gasteiger partial charge in [-0.05, 0) is 49.9 Å². The molecular formula is C25H35N5O5. The van der Waals surface area contributed by atoms with E-state index < -0.39 is 18.0 Å². The highest BCUT2D eigenvalue weighted by molar-refractivity contribution is 5.99. The second-order valence-corrected chi connectivity index (χ2v) is 9.47. The summed E-state index contributed by atoms with van der Waals surface area (Å²) in [6.45, 7) is 1.21. The Labute approximate surface area is 205 Å². The zero-order chi connectivity index (χ0) is 24.8. The summed E-state index contributed by atoms with van der Waals surface area (Å²) in [5, 5.41) is 8.67. The molecule has 1 aromatic carbocycles. The number of benzene rings is 1. The van der Waals surface area contributed by atoms with Gasteiger partial charge in [-0.25, -0.2) is 4.79 Å². The molecule has 2 saturated heterocycles. The van der Waals surface area contributed by atoms with Crippen molar-refractivity contribution in [3.8, 4) is 5.75 Å². The number of rotatable bonds is 5. The number of urea groups is 1. The van der Waals surface area contributed by atoms with Gasteiger partial charge in [0.15, 0.2) is 0 Å². The zero-order valence-corrected chi connectivity index (χ0v) is 20.3. The average Bonchev–Trinajstić information content (AvgIpc) is 2.90. The van der Waals surface area contributed by atoms with Crippen molar-refractivity contribution >= 4 is 23.8 Å². The van der Waals surface area contributed by atoms with Crippen molar-refractivity contribution < 1.29 is 23.9 Å². The maximum absolute atomic E-state index is 13.4. The molecule has 190 valence electrons. The van der Waals surface area contributed by atoms with Crippen LogP contribution in [0.5, 0.6) is 5.75 Å². The fourth-order valence-corrected chi connectivity index (χ4v) is 5.02. The molecule has 5 amide bonds. The normalized spacial score (nSPS) is 23.3. The summed E-state index contributed by atoms with van der Waals surface area (Å²) in [6.07, 6.45) is 6.63. The second-order valence-electron chi connectivity index (χ2n) is 9.47. The molecule has 10 heteroatoms. The Balaban J connectivity index is 1.49. The van der Waals surface area contributed by atoms with Crippen LogP contribution < -0.4 is 20.7 Å². The van der Waals surface area contributed by atoms with Gasteiger partial charge in [0.1, 0.15) is 17.8 Å². The first kappa shape index (κ1) is 24.8. The summed E-state index contributed by atoms with van der Waals surface area (Å²) >= 11 is 0. The third kappa shape index (κ3) is 6.04. The van der Waals surface area contributed by atoms with Crippen LogP contribution in [0, 0.1) is 0 Å². The molecule has 2 heterocycles. The van der Waals surface area contributed by atoms with Gasteiger partial charge >= 0.3 is 6.03 Å². The van der Waals surface area contributed by atoms with Crippen LogP contribution in [0.1, 0.15) is 55.3 Å². The van der Waals surface area contributed by atoms with Gasteiger partial charge < -0.3 is 30.5 Å². The highest BCUT2D eigenvalue weighted by Gasteiger charge is 2.39. The van der Waals surface area contributed by atoms with Gasteiger partial charge in [0.2, 0.25) is 11.8 Å². The predicted octanol–water partition coefficient (Wildman–Crippen LogP) is 1.26. The summed E-state index contributed by atoms with van der Waals surface area (Å²) < 4.78 is 5.17. The second kappa shape index (κ2) is 11.4. The maximum atomic E-state index is 13.4. The zero-order valence-electron chi connectivity index (χ0n) is 20.3. The lowest BCUT2D eigenvalue weighted by Crippen LogP contribution is -2.64. The number of nitrogens with one attached hydrogen (secondary N) is 3. The molecule has 0 spiro atoms. The van der Waals surface area contributed by atoms with E-state index in [-0.39, 0.29) is 37.0 Å². The monoisotopic (exact) mass is 485 g/mol. The molecule has 3 aliphatic rings. The lowest BCUT2D eigenvalue weighted by Gasteiger charge is -2.41. The lowest BCUT2D eigenvalue weighted by atomic mass is 9.96. The van der Waals surface area contributed by atoms with Crippen molar-refractivity contribution in [2.75, 3.05) is 33.3 Å². The summed E-state index contributed by atoms with van der Waals surface area (Å²) in [4.78, 5) is 55.0. The first-order chi connectivity index (χ1) is 17.0. The Hall–Kier alpha value is -3.30. The molecule has 10 nitrogen and oxygen atoms in total. The van der Waals surface area contributed by atoms with E-state index >= 15 is 0 Å². The largest absolute Gasteiger partial charge is 0.497 e. The van der Waals surface area contributed by atoms with Crippen molar-refractivity contribution in [1.82, 2.24) is 25.8 Å². The minimum Gasteiger partial charge on any atom is -0.497 e. The molecule has 0 aromatic heterocycles. The van der Waals surface area contributed by atoms with Crippen LogP contribution in [0.25, 0.3) is 0 Å². The smallest absolute Gasteiger partial charge is 0.317 e. The number of hydrogen-bond donors (Lipinski definition) is 3. The van der Waals surface area contributed by atoms with Crippen molar-refractivity contribution in [2.24, 2.45) is 0 Å². The summed E-state index contributed by atoms with van der Waals surface area (Å²) in [6, 6.07) is 5.12. The molecule has 4 rings (SSSR count). The van der Waals surface area contributed by atoms with Gasteiger partial charge in [-0.3, -0.25) is 14.4 Å². The number of piperidine rings is 1. The Morgan fingerprint density at radius 3 is 2.40 bits per heavy atom. The molecule has 3 N–H and O–H groups in total. The topological polar surface area (TPSA) is 120 Å². The van der Waals surface area contributed by atoms with Crippen molar-refractivity contribution in [3.05, 3.63) is 29.8 Å². The van der Waals surface area contributed by atoms with Crippen LogP contribution in [-0.2, 0) is 9.59 Å². The van der Waals surface area contributed by atoms with E-state index in [1.54, 1.807) is 36.3 Å². The third-order valence-corrected chi connectivity index (χ3v) is 7.10. The minimum atomic E-state index is -0.898. The van der Waals surface area contributed by atoms with E-state index in [1.807, 2.05) is 0 Å². The number of piperazine rings is 1. The van der Waals surface area contributed by atoms with Crippen LogP contribution in [-0.4, -0.2) is 85.0 Å². The molecule has 2 aliphatic heterocycles. The molecule has 1 saturated carbocycles. The van der Waals surface area contributed by atoms with E-state index in [9.17, 15) is 19.2 Å². The number of methoxy groups -OCH3 is 1. The van der Waals surface area contributed by atoms with E-state index in [0.29, 0.717) is 30.8 Å². The van der Waals surface area contributed by atoms with Gasteiger partial charge in [0.05, 0.1) is 13.7 Å². The SMILES string of the molecule is COc1ccc(C(=O)N2CCN(C(=O)NC3CCCCC3)C[C@@H]2C(=O)N[C@H]2CCCNC2=O)cc1. The van der Waals surface area contributed by atoms with Crippen molar-refractivity contribution in [3.63, 3.8) is 0 Å². The highest BCUT2D eigenvalue weighted by atomic mass is 16.5.